The number of terminal acetylenes is 1. The smallest absolute Gasteiger partial charge is 0.311 e. The number of carboxylic acids is 1. The molecule has 0 bridgehead atoms. The van der Waals surface area contributed by atoms with Gasteiger partial charge in [-0.25, -0.2) is 0 Å². The van der Waals surface area contributed by atoms with Crippen molar-refractivity contribution in [1.82, 2.24) is 4.90 Å². The van der Waals surface area contributed by atoms with E-state index in [1.807, 2.05) is 0 Å². The first-order valence-electron chi connectivity index (χ1n) is 5.12. The van der Waals surface area contributed by atoms with Crippen molar-refractivity contribution >= 4 is 11.9 Å². The van der Waals surface area contributed by atoms with Crippen LogP contribution in [0.3, 0.4) is 0 Å². The number of hydrogen-bond acceptors (Lipinski definition) is 3. The number of carboxylic acid groups (broad SMARTS) is 1. The van der Waals surface area contributed by atoms with Gasteiger partial charge >= 0.3 is 5.97 Å². The van der Waals surface area contributed by atoms with Crippen LogP contribution in [0.1, 0.15) is 19.8 Å². The number of rotatable bonds is 3. The van der Waals surface area contributed by atoms with Crippen LogP contribution < -0.4 is 5.73 Å². The number of aliphatic carboxylic acids is 1. The van der Waals surface area contributed by atoms with E-state index in [1.54, 1.807) is 6.92 Å². The van der Waals surface area contributed by atoms with E-state index in [4.69, 9.17) is 17.3 Å². The highest BCUT2D eigenvalue weighted by Gasteiger charge is 2.42. The number of likely N-dealkylation sites (tertiary alicyclic amines) is 1. The molecule has 0 aliphatic carbocycles. The molecule has 1 rings (SSSR count). The SMILES string of the molecule is C#CCC(N)C(=O)N1CCC(C)(C(=O)O)C1. The summed E-state index contributed by atoms with van der Waals surface area (Å²) in [6, 6.07) is -0.721. The summed E-state index contributed by atoms with van der Waals surface area (Å²) >= 11 is 0. The molecule has 1 saturated heterocycles. The van der Waals surface area contributed by atoms with Gasteiger partial charge in [-0.1, -0.05) is 0 Å². The van der Waals surface area contributed by atoms with Crippen LogP contribution in [0.2, 0.25) is 0 Å². The predicted octanol–water partition coefficient (Wildman–Crippen LogP) is -0.340. The van der Waals surface area contributed by atoms with E-state index >= 15 is 0 Å². The second-order valence-corrected chi connectivity index (χ2v) is 4.39. The number of nitrogens with zero attached hydrogens (tertiary/aromatic N) is 1. The maximum atomic E-state index is 11.8. The number of carbonyl (C=O) groups excluding carboxylic acids is 1. The summed E-state index contributed by atoms with van der Waals surface area (Å²) in [6.45, 7) is 2.27. The fourth-order valence-electron chi connectivity index (χ4n) is 1.77. The summed E-state index contributed by atoms with van der Waals surface area (Å²) < 4.78 is 0. The van der Waals surface area contributed by atoms with Gasteiger partial charge in [0.2, 0.25) is 5.91 Å². The Kier molecular flexibility index (Phi) is 3.55. The van der Waals surface area contributed by atoms with Crippen molar-refractivity contribution in [3.63, 3.8) is 0 Å². The van der Waals surface area contributed by atoms with E-state index in [2.05, 4.69) is 5.92 Å². The minimum atomic E-state index is -0.881. The van der Waals surface area contributed by atoms with Gasteiger partial charge in [0.25, 0.3) is 0 Å². The number of hydrogen-bond donors (Lipinski definition) is 2. The third kappa shape index (κ3) is 2.34. The van der Waals surface area contributed by atoms with Crippen molar-refractivity contribution in [2.24, 2.45) is 11.1 Å². The van der Waals surface area contributed by atoms with Gasteiger partial charge in [0.05, 0.1) is 11.5 Å². The summed E-state index contributed by atoms with van der Waals surface area (Å²) in [5.41, 5.74) is 4.74. The molecule has 1 aliphatic rings. The molecule has 1 amide bonds. The Labute approximate surface area is 94.6 Å². The summed E-state index contributed by atoms with van der Waals surface area (Å²) in [6.07, 6.45) is 5.71. The molecule has 88 valence electrons. The van der Waals surface area contributed by atoms with Gasteiger partial charge < -0.3 is 15.7 Å². The van der Waals surface area contributed by atoms with Crippen LogP contribution in [0.4, 0.5) is 0 Å². The van der Waals surface area contributed by atoms with Crippen molar-refractivity contribution in [1.29, 1.82) is 0 Å². The molecular weight excluding hydrogens is 208 g/mol. The normalized spacial score (nSPS) is 26.2. The Balaban J connectivity index is 2.64. The zero-order valence-corrected chi connectivity index (χ0v) is 9.27. The lowest BCUT2D eigenvalue weighted by Gasteiger charge is -2.22. The Morgan fingerprint density at radius 1 is 1.69 bits per heavy atom. The van der Waals surface area contributed by atoms with E-state index in [-0.39, 0.29) is 18.9 Å². The van der Waals surface area contributed by atoms with Gasteiger partial charge in [-0.3, -0.25) is 9.59 Å². The van der Waals surface area contributed by atoms with Gasteiger partial charge in [0.15, 0.2) is 0 Å². The Hall–Kier alpha value is -1.54. The van der Waals surface area contributed by atoms with Crippen LogP contribution >= 0.6 is 0 Å². The molecule has 1 heterocycles. The van der Waals surface area contributed by atoms with Gasteiger partial charge in [0, 0.05) is 19.5 Å². The Bertz CT molecular complexity index is 348. The molecule has 16 heavy (non-hydrogen) atoms. The van der Waals surface area contributed by atoms with E-state index in [0.717, 1.165) is 0 Å². The lowest BCUT2D eigenvalue weighted by Crippen LogP contribution is -2.44. The zero-order chi connectivity index (χ0) is 12.3. The molecule has 0 saturated carbocycles. The highest BCUT2D eigenvalue weighted by molar-refractivity contribution is 5.84. The summed E-state index contributed by atoms with van der Waals surface area (Å²) in [4.78, 5) is 24.2. The molecule has 5 heteroatoms. The first kappa shape index (κ1) is 12.5. The number of nitrogens with two attached hydrogens (primary N) is 1. The van der Waals surface area contributed by atoms with Crippen molar-refractivity contribution in [2.75, 3.05) is 13.1 Å². The summed E-state index contributed by atoms with van der Waals surface area (Å²) in [7, 11) is 0. The minimum Gasteiger partial charge on any atom is -0.481 e. The highest BCUT2D eigenvalue weighted by atomic mass is 16.4. The molecule has 0 aromatic carbocycles. The van der Waals surface area contributed by atoms with Crippen LogP contribution in [0.15, 0.2) is 0 Å². The largest absolute Gasteiger partial charge is 0.481 e. The molecule has 2 atom stereocenters. The standard InChI is InChI=1S/C11H16N2O3/c1-3-4-8(12)9(14)13-6-5-11(2,7-13)10(15)16/h1,8H,4-7,12H2,2H3,(H,15,16). The van der Waals surface area contributed by atoms with Crippen LogP contribution in [0.25, 0.3) is 0 Å². The van der Waals surface area contributed by atoms with E-state index in [9.17, 15) is 9.59 Å². The Morgan fingerprint density at radius 3 is 2.75 bits per heavy atom. The van der Waals surface area contributed by atoms with Gasteiger partial charge in [-0.05, 0) is 13.3 Å². The lowest BCUT2D eigenvalue weighted by molar-refractivity contribution is -0.147. The second-order valence-electron chi connectivity index (χ2n) is 4.39. The van der Waals surface area contributed by atoms with Crippen molar-refractivity contribution in [3.05, 3.63) is 0 Å². The van der Waals surface area contributed by atoms with E-state index < -0.39 is 17.4 Å². The third-order valence-corrected chi connectivity index (χ3v) is 2.96. The van der Waals surface area contributed by atoms with E-state index in [1.165, 1.54) is 4.90 Å². The van der Waals surface area contributed by atoms with Crippen molar-refractivity contribution < 1.29 is 14.7 Å². The van der Waals surface area contributed by atoms with Crippen LogP contribution in [0.5, 0.6) is 0 Å². The average Bonchev–Trinajstić information content (AvgIpc) is 2.61. The molecule has 0 spiro atoms. The molecule has 0 aromatic rings. The summed E-state index contributed by atoms with van der Waals surface area (Å²) in [5.74, 6) is 1.18. The maximum absolute atomic E-state index is 11.8. The second kappa shape index (κ2) is 4.54. The Morgan fingerprint density at radius 2 is 2.31 bits per heavy atom. The topological polar surface area (TPSA) is 83.6 Å². The molecule has 5 nitrogen and oxygen atoms in total. The molecule has 3 N–H and O–H groups in total. The zero-order valence-electron chi connectivity index (χ0n) is 9.27. The first-order valence-corrected chi connectivity index (χ1v) is 5.12. The molecule has 0 radical (unpaired) electrons. The van der Waals surface area contributed by atoms with Crippen molar-refractivity contribution in [2.45, 2.75) is 25.8 Å². The molecule has 1 fully saturated rings. The fourth-order valence-corrected chi connectivity index (χ4v) is 1.77. The van der Waals surface area contributed by atoms with Gasteiger partial charge in [-0.15, -0.1) is 12.3 Å². The van der Waals surface area contributed by atoms with Crippen molar-refractivity contribution in [3.8, 4) is 12.3 Å². The average molecular weight is 224 g/mol. The van der Waals surface area contributed by atoms with Gasteiger partial charge in [-0.2, -0.15) is 0 Å². The maximum Gasteiger partial charge on any atom is 0.311 e. The van der Waals surface area contributed by atoms with Gasteiger partial charge in [0.1, 0.15) is 0 Å². The molecule has 2 unspecified atom stereocenters. The number of carbonyl (C=O) groups is 2. The summed E-state index contributed by atoms with van der Waals surface area (Å²) in [5, 5.41) is 9.01. The quantitative estimate of drug-likeness (QED) is 0.642. The number of amides is 1. The highest BCUT2D eigenvalue weighted by Crippen LogP contribution is 2.30. The van der Waals surface area contributed by atoms with Crippen LogP contribution in [-0.4, -0.2) is 41.0 Å². The molecule has 1 aliphatic heterocycles. The lowest BCUT2D eigenvalue weighted by atomic mass is 9.90. The third-order valence-electron chi connectivity index (χ3n) is 2.96. The minimum absolute atomic E-state index is 0.180. The van der Waals surface area contributed by atoms with Crippen LogP contribution in [-0.2, 0) is 9.59 Å². The molecular formula is C11H16N2O3. The van der Waals surface area contributed by atoms with E-state index in [0.29, 0.717) is 13.0 Å². The fraction of sp³-hybridized carbons (Fsp3) is 0.636. The monoisotopic (exact) mass is 224 g/mol. The molecule has 0 aromatic heterocycles. The van der Waals surface area contributed by atoms with Crippen LogP contribution in [0, 0.1) is 17.8 Å². The predicted molar refractivity (Wildman–Crippen MR) is 58.4 cm³/mol. The first-order chi connectivity index (χ1) is 7.40.